The molecule has 1 heterocycles. The summed E-state index contributed by atoms with van der Waals surface area (Å²) in [5.41, 5.74) is 0.984. The van der Waals surface area contributed by atoms with Gasteiger partial charge >= 0.3 is 0 Å². The molecule has 0 radical (unpaired) electrons. The van der Waals surface area contributed by atoms with Crippen molar-refractivity contribution in [2.45, 2.75) is 31.1 Å². The molecule has 0 aromatic heterocycles. The summed E-state index contributed by atoms with van der Waals surface area (Å²) >= 11 is 0. The van der Waals surface area contributed by atoms with Gasteiger partial charge in [0, 0.05) is 4.91 Å². The first-order valence-corrected chi connectivity index (χ1v) is 10.2. The molecule has 2 rings (SSSR count). The van der Waals surface area contributed by atoms with Gasteiger partial charge in [0.2, 0.25) is 9.84 Å². The molecule has 1 aromatic rings. The standard InChI is InChI=1S/C15H20O4S2/c1-12-5-7-15(8-6-12)21(18,19)13(2)10-14-4-3-9-20(16,17)11-14/h5-8,14H,2-4,9-11H2,1H3. The third-order valence-corrected chi connectivity index (χ3v) is 7.49. The highest BCUT2D eigenvalue weighted by atomic mass is 32.2. The van der Waals surface area contributed by atoms with Crippen LogP contribution in [0.4, 0.5) is 0 Å². The molecule has 0 amide bonds. The molecule has 116 valence electrons. The van der Waals surface area contributed by atoms with Crippen LogP contribution in [-0.4, -0.2) is 28.3 Å². The van der Waals surface area contributed by atoms with Gasteiger partial charge in [-0.25, -0.2) is 16.8 Å². The van der Waals surface area contributed by atoms with Crippen molar-refractivity contribution in [3.05, 3.63) is 41.3 Å². The molecular formula is C15H20O4S2. The minimum Gasteiger partial charge on any atom is -0.229 e. The van der Waals surface area contributed by atoms with Crippen molar-refractivity contribution in [2.75, 3.05) is 11.5 Å². The van der Waals surface area contributed by atoms with Crippen LogP contribution in [0.15, 0.2) is 40.6 Å². The largest absolute Gasteiger partial charge is 0.229 e. The van der Waals surface area contributed by atoms with E-state index in [1.54, 1.807) is 24.3 Å². The van der Waals surface area contributed by atoms with E-state index >= 15 is 0 Å². The van der Waals surface area contributed by atoms with E-state index in [-0.39, 0.29) is 33.6 Å². The van der Waals surface area contributed by atoms with Crippen LogP contribution < -0.4 is 0 Å². The molecule has 21 heavy (non-hydrogen) atoms. The molecule has 4 nitrogen and oxygen atoms in total. The second kappa shape index (κ2) is 5.93. The molecule has 0 N–H and O–H groups in total. The Morgan fingerprint density at radius 2 is 1.90 bits per heavy atom. The lowest BCUT2D eigenvalue weighted by atomic mass is 10.0. The van der Waals surface area contributed by atoms with E-state index in [9.17, 15) is 16.8 Å². The van der Waals surface area contributed by atoms with Gasteiger partial charge in [0.25, 0.3) is 0 Å². The first-order valence-electron chi connectivity index (χ1n) is 6.91. The average Bonchev–Trinajstić information content (AvgIpc) is 2.38. The summed E-state index contributed by atoms with van der Waals surface area (Å²) in [7, 11) is -6.61. The number of sulfone groups is 2. The molecular weight excluding hydrogens is 308 g/mol. The van der Waals surface area contributed by atoms with Crippen molar-refractivity contribution >= 4 is 19.7 Å². The molecule has 0 bridgehead atoms. The number of aryl methyl sites for hydroxylation is 1. The lowest BCUT2D eigenvalue weighted by Gasteiger charge is -2.22. The van der Waals surface area contributed by atoms with Crippen LogP contribution >= 0.6 is 0 Å². The van der Waals surface area contributed by atoms with Crippen molar-refractivity contribution in [3.63, 3.8) is 0 Å². The quantitative estimate of drug-likeness (QED) is 0.851. The van der Waals surface area contributed by atoms with Crippen LogP contribution in [0.5, 0.6) is 0 Å². The van der Waals surface area contributed by atoms with Crippen molar-refractivity contribution in [2.24, 2.45) is 5.92 Å². The van der Waals surface area contributed by atoms with Crippen molar-refractivity contribution in [1.82, 2.24) is 0 Å². The molecule has 6 heteroatoms. The van der Waals surface area contributed by atoms with E-state index < -0.39 is 19.7 Å². The molecule has 1 aliphatic heterocycles. The van der Waals surface area contributed by atoms with Gasteiger partial charge in [-0.1, -0.05) is 24.3 Å². The van der Waals surface area contributed by atoms with E-state index in [0.29, 0.717) is 6.42 Å². The van der Waals surface area contributed by atoms with Gasteiger partial charge in [-0.15, -0.1) is 0 Å². The summed E-state index contributed by atoms with van der Waals surface area (Å²) in [6, 6.07) is 6.61. The Morgan fingerprint density at radius 1 is 1.29 bits per heavy atom. The predicted octanol–water partition coefficient (Wildman–Crippen LogP) is 2.50. The number of allylic oxidation sites excluding steroid dienone is 1. The van der Waals surface area contributed by atoms with Crippen LogP contribution in [-0.2, 0) is 19.7 Å². The number of hydrogen-bond donors (Lipinski definition) is 0. The van der Waals surface area contributed by atoms with Crippen LogP contribution in [0.1, 0.15) is 24.8 Å². The number of rotatable bonds is 4. The first kappa shape index (κ1) is 16.2. The number of hydrogen-bond acceptors (Lipinski definition) is 4. The number of benzene rings is 1. The minimum atomic E-state index is -3.58. The highest BCUT2D eigenvalue weighted by Gasteiger charge is 2.28. The maximum absolute atomic E-state index is 12.4. The second-order valence-electron chi connectivity index (χ2n) is 5.68. The summed E-state index contributed by atoms with van der Waals surface area (Å²) in [5, 5.41) is 0. The van der Waals surface area contributed by atoms with Crippen LogP contribution in [0.2, 0.25) is 0 Å². The minimum absolute atomic E-state index is 0.0649. The first-order chi connectivity index (χ1) is 9.71. The van der Waals surface area contributed by atoms with Crippen LogP contribution in [0.25, 0.3) is 0 Å². The summed E-state index contributed by atoms with van der Waals surface area (Å²) in [5.74, 6) is 0.132. The van der Waals surface area contributed by atoms with Gasteiger partial charge in [0.1, 0.15) is 0 Å². The highest BCUT2D eigenvalue weighted by Crippen LogP contribution is 2.29. The zero-order chi connectivity index (χ0) is 15.7. The average molecular weight is 328 g/mol. The highest BCUT2D eigenvalue weighted by molar-refractivity contribution is 7.95. The zero-order valence-electron chi connectivity index (χ0n) is 12.1. The molecule has 1 aliphatic rings. The van der Waals surface area contributed by atoms with E-state index in [1.807, 2.05) is 6.92 Å². The lowest BCUT2D eigenvalue weighted by molar-refractivity contribution is 0.485. The fraction of sp³-hybridized carbons (Fsp3) is 0.467. The monoisotopic (exact) mass is 328 g/mol. The van der Waals surface area contributed by atoms with Gasteiger partial charge in [0.05, 0.1) is 16.4 Å². The maximum Gasteiger partial charge on any atom is 0.202 e. The third kappa shape index (κ3) is 3.95. The van der Waals surface area contributed by atoms with Crippen LogP contribution in [0, 0.1) is 12.8 Å². The Morgan fingerprint density at radius 3 is 2.48 bits per heavy atom. The third-order valence-electron chi connectivity index (χ3n) is 3.79. The van der Waals surface area contributed by atoms with Gasteiger partial charge in [0.15, 0.2) is 9.84 Å². The SMILES string of the molecule is C=C(CC1CCCS(=O)(=O)C1)S(=O)(=O)c1ccc(C)cc1. The van der Waals surface area contributed by atoms with Crippen molar-refractivity contribution in [1.29, 1.82) is 0 Å². The van der Waals surface area contributed by atoms with Gasteiger partial charge in [-0.2, -0.15) is 0 Å². The summed E-state index contributed by atoms with van der Waals surface area (Å²) < 4.78 is 48.1. The zero-order valence-corrected chi connectivity index (χ0v) is 13.7. The topological polar surface area (TPSA) is 68.3 Å². The Bertz CT molecular complexity index is 728. The normalized spacial score (nSPS) is 21.9. The van der Waals surface area contributed by atoms with E-state index in [1.165, 1.54) is 0 Å². The van der Waals surface area contributed by atoms with E-state index in [4.69, 9.17) is 0 Å². The molecule has 1 unspecified atom stereocenters. The molecule has 1 fully saturated rings. The van der Waals surface area contributed by atoms with E-state index in [2.05, 4.69) is 6.58 Å². The van der Waals surface area contributed by atoms with Gasteiger partial charge < -0.3 is 0 Å². The molecule has 1 atom stereocenters. The Kier molecular flexibility index (Phi) is 4.58. The van der Waals surface area contributed by atoms with Crippen molar-refractivity contribution < 1.29 is 16.8 Å². The molecule has 0 saturated carbocycles. The molecule has 1 aromatic carbocycles. The Balaban J connectivity index is 2.14. The predicted molar refractivity (Wildman–Crippen MR) is 83.5 cm³/mol. The van der Waals surface area contributed by atoms with Crippen LogP contribution in [0.3, 0.4) is 0 Å². The smallest absolute Gasteiger partial charge is 0.202 e. The Labute approximate surface area is 126 Å². The lowest BCUT2D eigenvalue weighted by Crippen LogP contribution is -2.26. The Hall–Kier alpha value is -1.14. The summed E-state index contributed by atoms with van der Waals surface area (Å²) in [6.07, 6.45) is 1.56. The molecule has 0 spiro atoms. The molecule has 0 aliphatic carbocycles. The second-order valence-corrected chi connectivity index (χ2v) is 9.97. The van der Waals surface area contributed by atoms with Gasteiger partial charge in [-0.05, 0) is 44.2 Å². The summed E-state index contributed by atoms with van der Waals surface area (Å²) in [4.78, 5) is 0.324. The molecule has 1 saturated heterocycles. The van der Waals surface area contributed by atoms with Gasteiger partial charge in [-0.3, -0.25) is 0 Å². The fourth-order valence-corrected chi connectivity index (χ4v) is 5.65. The fourth-order valence-electron chi connectivity index (χ4n) is 2.59. The van der Waals surface area contributed by atoms with Crippen molar-refractivity contribution in [3.8, 4) is 0 Å². The maximum atomic E-state index is 12.4. The summed E-state index contributed by atoms with van der Waals surface area (Å²) in [6.45, 7) is 5.57. The van der Waals surface area contributed by atoms with E-state index in [0.717, 1.165) is 12.0 Å².